The van der Waals surface area contributed by atoms with E-state index in [9.17, 15) is 0 Å². The first-order valence-electron chi connectivity index (χ1n) is 3.82. The normalized spacial score (nSPS) is 35.4. The summed E-state index contributed by atoms with van der Waals surface area (Å²) in [6.07, 6.45) is 7.55. The van der Waals surface area contributed by atoms with Crippen molar-refractivity contribution in [3.8, 4) is 0 Å². The van der Waals surface area contributed by atoms with E-state index >= 15 is 0 Å². The summed E-state index contributed by atoms with van der Waals surface area (Å²) in [5.74, 6) is -0.615. The molecule has 2 aliphatic rings. The van der Waals surface area contributed by atoms with E-state index in [0.29, 0.717) is 6.04 Å². The van der Waals surface area contributed by atoms with Gasteiger partial charge in [-0.15, -0.1) is 0 Å². The van der Waals surface area contributed by atoms with Crippen molar-refractivity contribution in [1.82, 2.24) is 10.6 Å². The van der Waals surface area contributed by atoms with Crippen LogP contribution in [-0.2, 0) is 0 Å². The molecular weight excluding hydrogens is 140 g/mol. The third-order valence-electron chi connectivity index (χ3n) is 1.78. The first-order valence-corrected chi connectivity index (χ1v) is 3.82. The second-order valence-corrected chi connectivity index (χ2v) is 3.03. The maximum atomic E-state index is 5.88. The van der Waals surface area contributed by atoms with Gasteiger partial charge in [-0.3, -0.25) is 16.0 Å². The molecule has 1 aliphatic carbocycles. The van der Waals surface area contributed by atoms with E-state index in [4.69, 9.17) is 5.73 Å². The number of hydrogen-bond donors (Lipinski definition) is 3. The van der Waals surface area contributed by atoms with E-state index in [1.807, 2.05) is 0 Å². The molecule has 11 heavy (non-hydrogen) atoms. The fourth-order valence-corrected chi connectivity index (χ4v) is 1.06. The number of rotatable bonds is 2. The Bertz CT molecular complexity index is 206. The molecule has 1 fully saturated rings. The highest BCUT2D eigenvalue weighted by molar-refractivity contribution is 5.70. The van der Waals surface area contributed by atoms with Crippen LogP contribution in [0.3, 0.4) is 0 Å². The van der Waals surface area contributed by atoms with E-state index in [0.717, 1.165) is 0 Å². The van der Waals surface area contributed by atoms with E-state index < -0.39 is 5.79 Å². The Morgan fingerprint density at radius 2 is 2.45 bits per heavy atom. The minimum absolute atomic E-state index is 0.574. The smallest absolute Gasteiger partial charge is 0.178 e. The fraction of sp³-hybridized carbons (Fsp3) is 0.571. The Balaban J connectivity index is 1.97. The van der Waals surface area contributed by atoms with Crippen LogP contribution >= 0.6 is 0 Å². The van der Waals surface area contributed by atoms with Gasteiger partial charge in [0.1, 0.15) is 0 Å². The van der Waals surface area contributed by atoms with Crippen LogP contribution in [0.2, 0.25) is 0 Å². The Morgan fingerprint density at radius 1 is 1.64 bits per heavy atom. The fourth-order valence-electron chi connectivity index (χ4n) is 1.06. The van der Waals surface area contributed by atoms with Crippen LogP contribution in [0.25, 0.3) is 0 Å². The van der Waals surface area contributed by atoms with Crippen molar-refractivity contribution >= 4 is 6.21 Å². The topological polar surface area (TPSA) is 62.4 Å². The molecule has 60 valence electrons. The zero-order chi connectivity index (χ0) is 7.73. The van der Waals surface area contributed by atoms with Crippen molar-refractivity contribution in [2.75, 3.05) is 0 Å². The average molecular weight is 152 g/mol. The first-order chi connectivity index (χ1) is 5.29. The summed E-state index contributed by atoms with van der Waals surface area (Å²) in [5.41, 5.74) is 5.88. The Kier molecular flexibility index (Phi) is 1.44. The minimum atomic E-state index is -0.615. The van der Waals surface area contributed by atoms with Gasteiger partial charge in [-0.1, -0.05) is 0 Å². The van der Waals surface area contributed by atoms with Crippen LogP contribution in [0.15, 0.2) is 17.4 Å². The van der Waals surface area contributed by atoms with Gasteiger partial charge in [-0.05, 0) is 12.8 Å². The van der Waals surface area contributed by atoms with Crippen molar-refractivity contribution in [3.63, 3.8) is 0 Å². The van der Waals surface area contributed by atoms with Gasteiger partial charge in [0.15, 0.2) is 5.79 Å². The highest BCUT2D eigenvalue weighted by atomic mass is 15.3. The second-order valence-electron chi connectivity index (χ2n) is 3.03. The minimum Gasteiger partial charge on any atom is -0.355 e. The van der Waals surface area contributed by atoms with E-state index in [1.165, 1.54) is 12.8 Å². The molecule has 0 bridgehead atoms. The SMILES string of the molecule is NC1(NC2CC2)C=NC=CN1. The zero-order valence-corrected chi connectivity index (χ0v) is 6.25. The maximum Gasteiger partial charge on any atom is 0.178 e. The van der Waals surface area contributed by atoms with Gasteiger partial charge < -0.3 is 5.32 Å². The van der Waals surface area contributed by atoms with Crippen LogP contribution in [-0.4, -0.2) is 18.0 Å². The second kappa shape index (κ2) is 2.32. The van der Waals surface area contributed by atoms with Crippen molar-refractivity contribution in [2.24, 2.45) is 10.7 Å². The lowest BCUT2D eigenvalue weighted by Gasteiger charge is -2.28. The van der Waals surface area contributed by atoms with E-state index in [1.54, 1.807) is 18.6 Å². The van der Waals surface area contributed by atoms with E-state index in [2.05, 4.69) is 15.6 Å². The molecule has 0 radical (unpaired) electrons. The lowest BCUT2D eigenvalue weighted by atomic mass is 10.3. The summed E-state index contributed by atoms with van der Waals surface area (Å²) in [4.78, 5) is 3.96. The number of nitrogens with two attached hydrogens (primary N) is 1. The molecule has 0 aromatic carbocycles. The van der Waals surface area contributed by atoms with Gasteiger partial charge in [0, 0.05) is 18.4 Å². The highest BCUT2D eigenvalue weighted by Crippen LogP contribution is 2.20. The lowest BCUT2D eigenvalue weighted by Crippen LogP contribution is -2.65. The molecule has 1 heterocycles. The van der Waals surface area contributed by atoms with Crippen molar-refractivity contribution in [3.05, 3.63) is 12.4 Å². The largest absolute Gasteiger partial charge is 0.355 e. The van der Waals surface area contributed by atoms with Gasteiger partial charge in [0.05, 0.1) is 6.21 Å². The van der Waals surface area contributed by atoms with E-state index in [-0.39, 0.29) is 0 Å². The van der Waals surface area contributed by atoms with Gasteiger partial charge in [-0.25, -0.2) is 0 Å². The average Bonchev–Trinajstić information content (AvgIpc) is 2.72. The Hall–Kier alpha value is -0.870. The third-order valence-corrected chi connectivity index (χ3v) is 1.78. The summed E-state index contributed by atoms with van der Waals surface area (Å²) < 4.78 is 0. The summed E-state index contributed by atoms with van der Waals surface area (Å²) >= 11 is 0. The molecule has 0 amide bonds. The summed E-state index contributed by atoms with van der Waals surface area (Å²) in [5, 5.41) is 6.24. The molecule has 1 saturated carbocycles. The molecule has 2 rings (SSSR count). The van der Waals surface area contributed by atoms with Crippen LogP contribution < -0.4 is 16.4 Å². The van der Waals surface area contributed by atoms with Crippen LogP contribution in [0.1, 0.15) is 12.8 Å². The standard InChI is InChI=1S/C7H12N4/c8-7(11-6-1-2-6)5-9-3-4-10-7/h3-6,10-11H,1-2,8H2. The van der Waals surface area contributed by atoms with Gasteiger partial charge in [0.2, 0.25) is 0 Å². The summed E-state index contributed by atoms with van der Waals surface area (Å²) in [6, 6.07) is 0.574. The van der Waals surface area contributed by atoms with Gasteiger partial charge in [-0.2, -0.15) is 0 Å². The van der Waals surface area contributed by atoms with Crippen molar-refractivity contribution in [1.29, 1.82) is 0 Å². The molecule has 4 heteroatoms. The molecular formula is C7H12N4. The van der Waals surface area contributed by atoms with Crippen molar-refractivity contribution in [2.45, 2.75) is 24.7 Å². The molecule has 4 N–H and O–H groups in total. The predicted octanol–water partition coefficient (Wildman–Crippen LogP) is -0.504. The van der Waals surface area contributed by atoms with Crippen LogP contribution in [0.4, 0.5) is 0 Å². The van der Waals surface area contributed by atoms with Crippen molar-refractivity contribution < 1.29 is 0 Å². The van der Waals surface area contributed by atoms with Gasteiger partial charge >= 0.3 is 0 Å². The highest BCUT2D eigenvalue weighted by Gasteiger charge is 2.31. The summed E-state index contributed by atoms with van der Waals surface area (Å²) in [7, 11) is 0. The molecule has 0 spiro atoms. The Morgan fingerprint density at radius 3 is 3.00 bits per heavy atom. The number of hydrogen-bond acceptors (Lipinski definition) is 4. The first kappa shape index (κ1) is 6.82. The third kappa shape index (κ3) is 1.58. The lowest BCUT2D eigenvalue weighted by molar-refractivity contribution is 0.403. The molecule has 0 saturated heterocycles. The monoisotopic (exact) mass is 152 g/mol. The van der Waals surface area contributed by atoms with Gasteiger partial charge in [0.25, 0.3) is 0 Å². The molecule has 4 nitrogen and oxygen atoms in total. The molecule has 0 aromatic heterocycles. The van der Waals surface area contributed by atoms with Crippen LogP contribution in [0, 0.1) is 0 Å². The number of nitrogens with one attached hydrogen (secondary N) is 2. The van der Waals surface area contributed by atoms with Crippen LogP contribution in [0.5, 0.6) is 0 Å². The Labute approximate surface area is 65.6 Å². The zero-order valence-electron chi connectivity index (χ0n) is 6.25. The molecule has 1 aliphatic heterocycles. The molecule has 1 atom stereocenters. The maximum absolute atomic E-state index is 5.88. The number of nitrogens with zero attached hydrogens (tertiary/aromatic N) is 1. The predicted molar refractivity (Wildman–Crippen MR) is 43.8 cm³/mol. The molecule has 1 unspecified atom stereocenters. The number of aliphatic imine (C=N–C) groups is 1. The quantitative estimate of drug-likeness (QED) is 0.467. The molecule has 0 aromatic rings. The summed E-state index contributed by atoms with van der Waals surface area (Å²) in [6.45, 7) is 0.